The number of aryl methyl sites for hydroxylation is 2. The Labute approximate surface area is 161 Å². The van der Waals surface area contributed by atoms with Crippen LogP contribution >= 0.6 is 31.9 Å². The molecule has 0 fully saturated rings. The number of nitrogens with zero attached hydrogens (tertiary/aromatic N) is 2. The molecule has 0 unspecified atom stereocenters. The molecule has 126 valence electrons. The summed E-state index contributed by atoms with van der Waals surface area (Å²) < 4.78 is 4.75. The summed E-state index contributed by atoms with van der Waals surface area (Å²) in [5, 5.41) is 1.99. The summed E-state index contributed by atoms with van der Waals surface area (Å²) in [6.07, 6.45) is 3.00. The van der Waals surface area contributed by atoms with Crippen molar-refractivity contribution in [1.82, 2.24) is 9.30 Å². The number of hydrogen-bond donors (Lipinski definition) is 0. The minimum atomic E-state index is -0.468. The van der Waals surface area contributed by atoms with Gasteiger partial charge in [-0.05, 0) is 93.2 Å². The van der Waals surface area contributed by atoms with E-state index in [4.69, 9.17) is 4.84 Å². The Morgan fingerprint density at radius 1 is 0.880 bits per heavy atom. The first-order valence-electron chi connectivity index (χ1n) is 7.71. The Balaban J connectivity index is 1.76. The minimum absolute atomic E-state index is 0.468. The van der Waals surface area contributed by atoms with Gasteiger partial charge in [0.1, 0.15) is 5.52 Å². The number of hydrogen-bond acceptors (Lipinski definition) is 2. The van der Waals surface area contributed by atoms with Crippen molar-refractivity contribution in [2.45, 2.75) is 13.8 Å². The smallest absolute Gasteiger partial charge is 0.316 e. The van der Waals surface area contributed by atoms with E-state index in [9.17, 15) is 4.79 Å². The third-order valence-corrected chi connectivity index (χ3v) is 5.31. The van der Waals surface area contributed by atoms with Gasteiger partial charge >= 0.3 is 6.09 Å². The van der Waals surface area contributed by atoms with Crippen molar-refractivity contribution >= 4 is 59.8 Å². The Morgan fingerprint density at radius 3 is 2.12 bits per heavy atom. The molecule has 2 heterocycles. The van der Waals surface area contributed by atoms with E-state index in [-0.39, 0.29) is 0 Å². The van der Waals surface area contributed by atoms with Crippen LogP contribution in [0.4, 0.5) is 4.79 Å². The maximum atomic E-state index is 12.7. The molecule has 0 N–H and O–H groups in total. The number of halogens is 2. The summed E-state index contributed by atoms with van der Waals surface area (Å²) in [5.74, 6) is 0. The number of carbonyl (C=O) groups is 1. The zero-order chi connectivity index (χ0) is 17.7. The van der Waals surface area contributed by atoms with Crippen molar-refractivity contribution < 1.29 is 9.63 Å². The molecule has 0 aliphatic carbocycles. The van der Waals surface area contributed by atoms with Crippen molar-refractivity contribution in [2.75, 3.05) is 0 Å². The van der Waals surface area contributed by atoms with E-state index in [1.54, 1.807) is 12.4 Å². The summed E-state index contributed by atoms with van der Waals surface area (Å²) in [6.45, 7) is 4.05. The van der Waals surface area contributed by atoms with Crippen LogP contribution < -0.4 is 4.84 Å². The second kappa shape index (κ2) is 6.04. The molecule has 0 radical (unpaired) electrons. The highest BCUT2D eigenvalue weighted by Gasteiger charge is 2.16. The summed E-state index contributed by atoms with van der Waals surface area (Å²) in [5.41, 5.74) is 3.88. The fraction of sp³-hybridized carbons (Fsp3) is 0.105. The van der Waals surface area contributed by atoms with E-state index in [2.05, 4.69) is 37.9 Å². The number of benzene rings is 2. The van der Waals surface area contributed by atoms with Gasteiger partial charge in [0.25, 0.3) is 0 Å². The molecule has 4 aromatic rings. The van der Waals surface area contributed by atoms with E-state index in [0.29, 0.717) is 0 Å². The summed E-state index contributed by atoms with van der Waals surface area (Å²) in [7, 11) is 0. The Bertz CT molecular complexity index is 1140. The topological polar surface area (TPSA) is 36.2 Å². The molecule has 0 aliphatic rings. The Kier molecular flexibility index (Phi) is 3.96. The Hall–Kier alpha value is -2.05. The minimum Gasteiger partial charge on any atom is -0.316 e. The second-order valence-corrected chi connectivity index (χ2v) is 7.76. The van der Waals surface area contributed by atoms with Crippen molar-refractivity contribution in [3.05, 3.63) is 68.9 Å². The Morgan fingerprint density at radius 2 is 1.44 bits per heavy atom. The van der Waals surface area contributed by atoms with Gasteiger partial charge < -0.3 is 4.84 Å². The molecule has 0 aliphatic heterocycles. The predicted molar refractivity (Wildman–Crippen MR) is 106 cm³/mol. The van der Waals surface area contributed by atoms with Gasteiger partial charge in [0.05, 0.1) is 5.52 Å². The van der Waals surface area contributed by atoms with Crippen molar-refractivity contribution in [2.24, 2.45) is 0 Å². The largest absolute Gasteiger partial charge is 0.443 e. The first-order valence-corrected chi connectivity index (χ1v) is 9.30. The molecule has 0 bridgehead atoms. The van der Waals surface area contributed by atoms with Gasteiger partial charge in [0.15, 0.2) is 0 Å². The molecule has 2 aromatic carbocycles. The summed E-state index contributed by atoms with van der Waals surface area (Å²) in [6, 6.07) is 11.9. The molecule has 6 heteroatoms. The average Bonchev–Trinajstić information content (AvgIpc) is 3.11. The molecule has 25 heavy (non-hydrogen) atoms. The van der Waals surface area contributed by atoms with Gasteiger partial charge in [0, 0.05) is 32.1 Å². The monoisotopic (exact) mass is 460 g/mol. The molecular formula is C19H14Br2N2O2. The van der Waals surface area contributed by atoms with E-state index in [1.807, 2.05) is 44.2 Å². The van der Waals surface area contributed by atoms with Gasteiger partial charge in [0.2, 0.25) is 0 Å². The predicted octanol–water partition coefficient (Wildman–Crippen LogP) is 5.83. The lowest BCUT2D eigenvalue weighted by atomic mass is 10.2. The number of carbonyl (C=O) groups excluding carboxylic acids is 1. The van der Waals surface area contributed by atoms with Gasteiger partial charge in [-0.15, -0.1) is 0 Å². The standard InChI is InChI=1S/C19H14Br2N2O2/c1-11-7-13-3-5-22(17(13)15(20)9-11)19(24)25-23-6-4-14-8-12(2)10-16(21)18(14)23/h3-10H,1-2H3. The maximum absolute atomic E-state index is 12.7. The van der Waals surface area contributed by atoms with Crippen LogP contribution in [0.25, 0.3) is 21.8 Å². The fourth-order valence-corrected chi connectivity index (χ4v) is 4.62. The van der Waals surface area contributed by atoms with E-state index >= 15 is 0 Å². The first-order chi connectivity index (χ1) is 11.9. The van der Waals surface area contributed by atoms with Crippen LogP contribution in [0.2, 0.25) is 0 Å². The van der Waals surface area contributed by atoms with Gasteiger partial charge in [-0.2, -0.15) is 4.73 Å². The quantitative estimate of drug-likeness (QED) is 0.357. The lowest BCUT2D eigenvalue weighted by molar-refractivity contribution is 0.141. The highest BCUT2D eigenvalue weighted by molar-refractivity contribution is 9.11. The van der Waals surface area contributed by atoms with Crippen molar-refractivity contribution in [1.29, 1.82) is 0 Å². The highest BCUT2D eigenvalue weighted by atomic mass is 79.9. The van der Waals surface area contributed by atoms with Gasteiger partial charge in [-0.25, -0.2) is 9.36 Å². The third kappa shape index (κ3) is 2.79. The van der Waals surface area contributed by atoms with E-state index < -0.39 is 6.09 Å². The molecule has 2 aromatic heterocycles. The molecule has 0 amide bonds. The van der Waals surface area contributed by atoms with Crippen molar-refractivity contribution in [3.8, 4) is 0 Å². The van der Waals surface area contributed by atoms with E-state index in [0.717, 1.165) is 41.9 Å². The lowest BCUT2D eigenvalue weighted by Crippen LogP contribution is -2.23. The van der Waals surface area contributed by atoms with Crippen molar-refractivity contribution in [3.63, 3.8) is 0 Å². The number of fused-ring (bicyclic) bond motifs is 2. The molecule has 0 saturated carbocycles. The van der Waals surface area contributed by atoms with Crippen LogP contribution in [-0.2, 0) is 0 Å². The van der Waals surface area contributed by atoms with Crippen LogP contribution in [0.15, 0.2) is 57.7 Å². The average molecular weight is 462 g/mol. The number of rotatable bonds is 1. The van der Waals surface area contributed by atoms with Gasteiger partial charge in [-0.3, -0.25) is 0 Å². The second-order valence-electron chi connectivity index (χ2n) is 6.05. The summed E-state index contributed by atoms with van der Waals surface area (Å²) in [4.78, 5) is 18.3. The van der Waals surface area contributed by atoms with Crippen LogP contribution in [-0.4, -0.2) is 15.4 Å². The molecular weight excluding hydrogens is 448 g/mol. The number of aromatic nitrogens is 2. The lowest BCUT2D eigenvalue weighted by Gasteiger charge is -2.10. The van der Waals surface area contributed by atoms with Crippen LogP contribution in [0.3, 0.4) is 0 Å². The molecule has 0 atom stereocenters. The SMILES string of the molecule is Cc1cc(Br)c2c(ccn2OC(=O)n2ccc3cc(C)cc(Br)c32)c1. The van der Waals surface area contributed by atoms with E-state index in [1.165, 1.54) is 9.30 Å². The van der Waals surface area contributed by atoms with Gasteiger partial charge in [-0.1, -0.05) is 0 Å². The third-order valence-electron chi connectivity index (χ3n) is 4.10. The summed E-state index contributed by atoms with van der Waals surface area (Å²) >= 11 is 7.09. The highest BCUT2D eigenvalue weighted by Crippen LogP contribution is 2.28. The molecule has 0 saturated heterocycles. The molecule has 4 nitrogen and oxygen atoms in total. The van der Waals surface area contributed by atoms with Crippen LogP contribution in [0, 0.1) is 13.8 Å². The maximum Gasteiger partial charge on any atom is 0.443 e. The molecule has 4 rings (SSSR count). The van der Waals surface area contributed by atoms with Crippen LogP contribution in [0.1, 0.15) is 11.1 Å². The zero-order valence-electron chi connectivity index (χ0n) is 13.6. The fourth-order valence-electron chi connectivity index (χ4n) is 3.07. The normalized spacial score (nSPS) is 11.4. The molecule has 0 spiro atoms. The zero-order valence-corrected chi connectivity index (χ0v) is 16.8. The van der Waals surface area contributed by atoms with Crippen LogP contribution in [0.5, 0.6) is 0 Å². The first kappa shape index (κ1) is 16.4.